The Labute approximate surface area is 161 Å². The quantitative estimate of drug-likeness (QED) is 0.751. The van der Waals surface area contributed by atoms with E-state index >= 15 is 0 Å². The van der Waals surface area contributed by atoms with Gasteiger partial charge in [-0.1, -0.05) is 30.3 Å². The summed E-state index contributed by atoms with van der Waals surface area (Å²) in [5.74, 6) is -0.187. The van der Waals surface area contributed by atoms with Gasteiger partial charge in [0.15, 0.2) is 0 Å². The smallest absolute Gasteiger partial charge is 0.277 e. The second-order valence-electron chi connectivity index (χ2n) is 6.55. The van der Waals surface area contributed by atoms with Crippen molar-refractivity contribution < 1.29 is 4.79 Å². The third-order valence-electron chi connectivity index (χ3n) is 4.59. The molecule has 2 heterocycles. The standard InChI is InChI=1S/C20H22N4O2S/c1-11-12(2)23-24(5)20(26)16(11)19-22-14(4)17(27-19)18(25)21-13(3)15-9-7-6-8-10-15/h6-10,13H,1-5H3,(H,21,25). The van der Waals surface area contributed by atoms with Crippen LogP contribution in [0, 0.1) is 20.8 Å². The molecule has 0 fully saturated rings. The highest BCUT2D eigenvalue weighted by Gasteiger charge is 2.22. The number of aryl methyl sites for hydroxylation is 3. The Morgan fingerprint density at radius 2 is 1.81 bits per heavy atom. The fraction of sp³-hybridized carbons (Fsp3) is 0.300. The Balaban J connectivity index is 1.94. The van der Waals surface area contributed by atoms with Crippen molar-refractivity contribution >= 4 is 17.2 Å². The van der Waals surface area contributed by atoms with Crippen molar-refractivity contribution in [1.82, 2.24) is 20.1 Å². The van der Waals surface area contributed by atoms with Crippen molar-refractivity contribution in [3.05, 3.63) is 68.1 Å². The third-order valence-corrected chi connectivity index (χ3v) is 5.76. The lowest BCUT2D eigenvalue weighted by Crippen LogP contribution is -2.26. The molecule has 1 amide bonds. The molecule has 3 aromatic rings. The van der Waals surface area contributed by atoms with Crippen molar-refractivity contribution in [2.24, 2.45) is 7.05 Å². The lowest BCUT2D eigenvalue weighted by Gasteiger charge is -2.13. The van der Waals surface area contributed by atoms with E-state index in [-0.39, 0.29) is 17.5 Å². The molecule has 27 heavy (non-hydrogen) atoms. The Morgan fingerprint density at radius 3 is 2.48 bits per heavy atom. The number of carbonyl (C=O) groups is 1. The first-order chi connectivity index (χ1) is 12.8. The van der Waals surface area contributed by atoms with E-state index in [9.17, 15) is 9.59 Å². The van der Waals surface area contributed by atoms with Crippen LogP contribution in [0.2, 0.25) is 0 Å². The molecule has 1 N–H and O–H groups in total. The van der Waals surface area contributed by atoms with Crippen LogP contribution in [-0.2, 0) is 7.05 Å². The van der Waals surface area contributed by atoms with Crippen LogP contribution >= 0.6 is 11.3 Å². The summed E-state index contributed by atoms with van der Waals surface area (Å²) in [6.07, 6.45) is 0. The summed E-state index contributed by atoms with van der Waals surface area (Å²) in [7, 11) is 1.62. The lowest BCUT2D eigenvalue weighted by atomic mass is 10.1. The molecule has 0 radical (unpaired) electrons. The number of carbonyl (C=O) groups excluding carboxylic acids is 1. The fourth-order valence-corrected chi connectivity index (χ4v) is 3.97. The van der Waals surface area contributed by atoms with Gasteiger partial charge in [0.05, 0.1) is 23.0 Å². The highest BCUT2D eigenvalue weighted by molar-refractivity contribution is 7.17. The van der Waals surface area contributed by atoms with E-state index in [1.807, 2.05) is 51.1 Å². The topological polar surface area (TPSA) is 76.9 Å². The molecule has 7 heteroatoms. The van der Waals surface area contributed by atoms with Gasteiger partial charge in [0.25, 0.3) is 11.5 Å². The Morgan fingerprint density at radius 1 is 1.15 bits per heavy atom. The first kappa shape index (κ1) is 19.0. The SMILES string of the molecule is Cc1nc(-c2c(C)c(C)nn(C)c2=O)sc1C(=O)NC(C)c1ccccc1. The maximum atomic E-state index is 12.8. The summed E-state index contributed by atoms with van der Waals surface area (Å²) < 4.78 is 1.31. The number of aromatic nitrogens is 3. The lowest BCUT2D eigenvalue weighted by molar-refractivity contribution is 0.0943. The number of rotatable bonds is 4. The van der Waals surface area contributed by atoms with E-state index < -0.39 is 0 Å². The molecule has 0 aliphatic carbocycles. The van der Waals surface area contributed by atoms with Crippen LogP contribution in [0.5, 0.6) is 0 Å². The number of thiazole rings is 1. The van der Waals surface area contributed by atoms with E-state index in [0.29, 0.717) is 21.1 Å². The average Bonchev–Trinajstić information content (AvgIpc) is 3.02. The number of nitrogens with one attached hydrogen (secondary N) is 1. The summed E-state index contributed by atoms with van der Waals surface area (Å²) in [5, 5.41) is 7.75. The van der Waals surface area contributed by atoms with E-state index in [2.05, 4.69) is 15.4 Å². The minimum Gasteiger partial charge on any atom is -0.345 e. The van der Waals surface area contributed by atoms with Gasteiger partial charge in [-0.05, 0) is 38.8 Å². The minimum atomic E-state index is -0.212. The zero-order chi connectivity index (χ0) is 19.7. The van der Waals surface area contributed by atoms with E-state index in [4.69, 9.17) is 0 Å². The Bertz CT molecular complexity index is 1050. The predicted octanol–water partition coefficient (Wildman–Crippen LogP) is 3.32. The van der Waals surface area contributed by atoms with Gasteiger partial charge >= 0.3 is 0 Å². The normalized spacial score (nSPS) is 12.0. The molecule has 0 saturated heterocycles. The monoisotopic (exact) mass is 382 g/mol. The van der Waals surface area contributed by atoms with Gasteiger partial charge in [-0.25, -0.2) is 9.67 Å². The number of hydrogen-bond donors (Lipinski definition) is 1. The van der Waals surface area contributed by atoms with Crippen molar-refractivity contribution in [2.45, 2.75) is 33.7 Å². The maximum Gasteiger partial charge on any atom is 0.277 e. The number of benzene rings is 1. The minimum absolute atomic E-state index is 0.124. The molecule has 140 valence electrons. The van der Waals surface area contributed by atoms with Crippen LogP contribution in [-0.4, -0.2) is 20.7 Å². The second kappa shape index (κ2) is 7.44. The second-order valence-corrected chi connectivity index (χ2v) is 7.55. The number of nitrogens with zero attached hydrogens (tertiary/aromatic N) is 3. The van der Waals surface area contributed by atoms with Gasteiger partial charge < -0.3 is 5.32 Å². The fourth-order valence-electron chi connectivity index (χ4n) is 2.90. The highest BCUT2D eigenvalue weighted by atomic mass is 32.1. The van der Waals surface area contributed by atoms with Crippen LogP contribution in [0.3, 0.4) is 0 Å². The van der Waals surface area contributed by atoms with Gasteiger partial charge in [0.1, 0.15) is 9.88 Å². The molecule has 0 aliphatic rings. The van der Waals surface area contributed by atoms with Crippen LogP contribution in [0.4, 0.5) is 0 Å². The molecule has 6 nitrogen and oxygen atoms in total. The first-order valence-electron chi connectivity index (χ1n) is 8.67. The summed E-state index contributed by atoms with van der Waals surface area (Å²) >= 11 is 1.24. The summed E-state index contributed by atoms with van der Waals surface area (Å²) in [5.41, 5.74) is 3.50. The molecule has 2 aromatic heterocycles. The average molecular weight is 382 g/mol. The summed E-state index contributed by atoms with van der Waals surface area (Å²) in [4.78, 5) is 30.3. The molecular formula is C20H22N4O2S. The van der Waals surface area contributed by atoms with Gasteiger partial charge in [-0.2, -0.15) is 5.10 Å². The van der Waals surface area contributed by atoms with Gasteiger partial charge in [-0.3, -0.25) is 9.59 Å². The third kappa shape index (κ3) is 3.68. The maximum absolute atomic E-state index is 12.8. The molecule has 1 atom stereocenters. The summed E-state index contributed by atoms with van der Waals surface area (Å²) in [6, 6.07) is 9.65. The van der Waals surface area contributed by atoms with Crippen molar-refractivity contribution in [3.8, 4) is 10.6 Å². The van der Waals surface area contributed by atoms with E-state index in [0.717, 1.165) is 16.8 Å². The van der Waals surface area contributed by atoms with Gasteiger partial charge in [0, 0.05) is 7.05 Å². The molecule has 0 saturated carbocycles. The van der Waals surface area contributed by atoms with Crippen LogP contribution < -0.4 is 10.9 Å². The van der Waals surface area contributed by atoms with Gasteiger partial charge in [-0.15, -0.1) is 11.3 Å². The molecule has 1 unspecified atom stereocenters. The molecule has 0 spiro atoms. The van der Waals surface area contributed by atoms with Crippen LogP contribution in [0.25, 0.3) is 10.6 Å². The Kier molecular flexibility index (Phi) is 5.23. The molecular weight excluding hydrogens is 360 g/mol. The zero-order valence-corrected chi connectivity index (χ0v) is 16.8. The summed E-state index contributed by atoms with van der Waals surface area (Å²) in [6.45, 7) is 7.44. The van der Waals surface area contributed by atoms with Crippen LogP contribution in [0.15, 0.2) is 35.1 Å². The highest BCUT2D eigenvalue weighted by Crippen LogP contribution is 2.29. The van der Waals surface area contributed by atoms with E-state index in [1.54, 1.807) is 14.0 Å². The van der Waals surface area contributed by atoms with Gasteiger partial charge in [0.2, 0.25) is 0 Å². The van der Waals surface area contributed by atoms with Crippen LogP contribution in [0.1, 0.15) is 45.2 Å². The first-order valence-corrected chi connectivity index (χ1v) is 9.49. The zero-order valence-electron chi connectivity index (χ0n) is 16.0. The molecule has 0 aliphatic heterocycles. The Hall–Kier alpha value is -2.80. The molecule has 1 aromatic carbocycles. The molecule has 3 rings (SSSR count). The largest absolute Gasteiger partial charge is 0.345 e. The number of hydrogen-bond acceptors (Lipinski definition) is 5. The predicted molar refractivity (Wildman–Crippen MR) is 107 cm³/mol. The van der Waals surface area contributed by atoms with Crippen molar-refractivity contribution in [1.29, 1.82) is 0 Å². The molecule has 0 bridgehead atoms. The van der Waals surface area contributed by atoms with E-state index in [1.165, 1.54) is 16.0 Å². The van der Waals surface area contributed by atoms with Crippen molar-refractivity contribution in [3.63, 3.8) is 0 Å². The van der Waals surface area contributed by atoms with Crippen molar-refractivity contribution in [2.75, 3.05) is 0 Å². The number of amides is 1.